The first kappa shape index (κ1) is 21.7. The first-order chi connectivity index (χ1) is 8.82. The first-order valence-corrected chi connectivity index (χ1v) is 6.59. The van der Waals surface area contributed by atoms with Crippen LogP contribution in [-0.4, -0.2) is 51.3 Å². The standard InChI is InChI=1S/C13H28N4O2.HI/c1-10(2)11(18)15-7-8-16-12(14-5)17-9-13(3,4)19-6;/h10H,7-9H2,1-6H3,(H,15,18)(H2,14,16,17);1H. The maximum atomic E-state index is 11.4. The predicted molar refractivity (Wildman–Crippen MR) is 93.7 cm³/mol. The lowest BCUT2D eigenvalue weighted by molar-refractivity contribution is -0.123. The van der Waals surface area contributed by atoms with Crippen LogP contribution in [0.3, 0.4) is 0 Å². The Morgan fingerprint density at radius 2 is 1.75 bits per heavy atom. The lowest BCUT2D eigenvalue weighted by Crippen LogP contribution is -2.47. The SMILES string of the molecule is CN=C(NCCNC(=O)C(C)C)NCC(C)(C)OC.I. The number of hydrogen-bond acceptors (Lipinski definition) is 3. The van der Waals surface area contributed by atoms with Crippen molar-refractivity contribution in [2.45, 2.75) is 33.3 Å². The molecule has 120 valence electrons. The Morgan fingerprint density at radius 3 is 2.20 bits per heavy atom. The lowest BCUT2D eigenvalue weighted by atomic mass is 10.1. The Morgan fingerprint density at radius 1 is 1.20 bits per heavy atom. The Bertz CT molecular complexity index is 307. The molecule has 0 aliphatic heterocycles. The van der Waals surface area contributed by atoms with E-state index >= 15 is 0 Å². The van der Waals surface area contributed by atoms with E-state index in [1.165, 1.54) is 0 Å². The summed E-state index contributed by atoms with van der Waals surface area (Å²) in [4.78, 5) is 15.5. The predicted octanol–water partition coefficient (Wildman–Crippen LogP) is 0.967. The topological polar surface area (TPSA) is 74.8 Å². The summed E-state index contributed by atoms with van der Waals surface area (Å²) in [7, 11) is 3.39. The highest BCUT2D eigenvalue weighted by molar-refractivity contribution is 14.0. The zero-order valence-corrected chi connectivity index (χ0v) is 15.7. The fraction of sp³-hybridized carbons (Fsp3) is 0.846. The molecule has 0 aromatic rings. The van der Waals surface area contributed by atoms with Gasteiger partial charge < -0.3 is 20.7 Å². The summed E-state index contributed by atoms with van der Waals surface area (Å²) in [6.07, 6.45) is 0. The molecule has 7 heteroatoms. The van der Waals surface area contributed by atoms with E-state index < -0.39 is 0 Å². The molecule has 0 aromatic carbocycles. The number of carbonyl (C=O) groups is 1. The van der Waals surface area contributed by atoms with E-state index in [4.69, 9.17) is 4.74 Å². The molecule has 3 N–H and O–H groups in total. The van der Waals surface area contributed by atoms with Crippen LogP contribution in [0, 0.1) is 5.92 Å². The molecule has 0 bridgehead atoms. The molecular formula is C13H29IN4O2. The third kappa shape index (κ3) is 10.2. The van der Waals surface area contributed by atoms with Gasteiger partial charge in [0.25, 0.3) is 0 Å². The Kier molecular flexibility index (Phi) is 12.1. The van der Waals surface area contributed by atoms with Crippen LogP contribution < -0.4 is 16.0 Å². The number of methoxy groups -OCH3 is 1. The van der Waals surface area contributed by atoms with Crippen molar-refractivity contribution in [1.29, 1.82) is 0 Å². The van der Waals surface area contributed by atoms with E-state index in [0.29, 0.717) is 25.6 Å². The van der Waals surface area contributed by atoms with E-state index in [-0.39, 0.29) is 41.4 Å². The van der Waals surface area contributed by atoms with Gasteiger partial charge in [0.1, 0.15) is 0 Å². The van der Waals surface area contributed by atoms with Crippen molar-refractivity contribution in [1.82, 2.24) is 16.0 Å². The van der Waals surface area contributed by atoms with Crippen molar-refractivity contribution >= 4 is 35.8 Å². The normalized spacial score (nSPS) is 11.8. The van der Waals surface area contributed by atoms with Gasteiger partial charge in [-0.1, -0.05) is 13.8 Å². The maximum Gasteiger partial charge on any atom is 0.222 e. The third-order valence-electron chi connectivity index (χ3n) is 2.70. The van der Waals surface area contributed by atoms with Gasteiger partial charge in [0, 0.05) is 39.7 Å². The number of guanidine groups is 1. The summed E-state index contributed by atoms with van der Waals surface area (Å²) in [5.74, 6) is 0.772. The third-order valence-corrected chi connectivity index (χ3v) is 2.70. The minimum absolute atomic E-state index is 0. The zero-order chi connectivity index (χ0) is 14.9. The summed E-state index contributed by atoms with van der Waals surface area (Å²) in [6.45, 7) is 9.59. The van der Waals surface area contributed by atoms with Gasteiger partial charge in [0.05, 0.1) is 5.60 Å². The Labute approximate surface area is 139 Å². The van der Waals surface area contributed by atoms with E-state index in [1.807, 2.05) is 27.7 Å². The molecule has 0 fully saturated rings. The summed E-state index contributed by atoms with van der Waals surface area (Å²) >= 11 is 0. The smallest absolute Gasteiger partial charge is 0.222 e. The lowest BCUT2D eigenvalue weighted by Gasteiger charge is -2.24. The second-order valence-corrected chi connectivity index (χ2v) is 5.26. The second-order valence-electron chi connectivity index (χ2n) is 5.26. The molecule has 0 unspecified atom stereocenters. The number of aliphatic imine (C=N–C) groups is 1. The van der Waals surface area contributed by atoms with Crippen molar-refractivity contribution in [3.05, 3.63) is 0 Å². The average molecular weight is 400 g/mol. The molecule has 0 aliphatic rings. The van der Waals surface area contributed by atoms with Crippen molar-refractivity contribution < 1.29 is 9.53 Å². The number of rotatable bonds is 7. The number of amides is 1. The fourth-order valence-electron chi connectivity index (χ4n) is 1.16. The number of nitrogens with one attached hydrogen (secondary N) is 3. The number of carbonyl (C=O) groups excluding carboxylic acids is 1. The molecule has 20 heavy (non-hydrogen) atoms. The number of halogens is 1. The molecule has 0 heterocycles. The molecule has 6 nitrogen and oxygen atoms in total. The summed E-state index contributed by atoms with van der Waals surface area (Å²) in [6, 6.07) is 0. The number of hydrogen-bond donors (Lipinski definition) is 3. The molecule has 0 spiro atoms. The van der Waals surface area contributed by atoms with E-state index in [0.717, 1.165) is 0 Å². The monoisotopic (exact) mass is 400 g/mol. The van der Waals surface area contributed by atoms with Crippen LogP contribution in [0.15, 0.2) is 4.99 Å². The van der Waals surface area contributed by atoms with Gasteiger partial charge >= 0.3 is 0 Å². The zero-order valence-electron chi connectivity index (χ0n) is 13.4. The van der Waals surface area contributed by atoms with Gasteiger partial charge in [-0.15, -0.1) is 24.0 Å². The number of ether oxygens (including phenoxy) is 1. The maximum absolute atomic E-state index is 11.4. The molecule has 0 radical (unpaired) electrons. The average Bonchev–Trinajstić information content (AvgIpc) is 2.37. The Balaban J connectivity index is 0. The van der Waals surface area contributed by atoms with Gasteiger partial charge in [-0.3, -0.25) is 9.79 Å². The van der Waals surface area contributed by atoms with Gasteiger partial charge in [0.15, 0.2) is 5.96 Å². The van der Waals surface area contributed by atoms with E-state index in [9.17, 15) is 4.79 Å². The second kappa shape index (κ2) is 11.1. The van der Waals surface area contributed by atoms with Crippen LogP contribution in [0.4, 0.5) is 0 Å². The Hall–Kier alpha value is -0.570. The molecule has 0 aliphatic carbocycles. The van der Waals surface area contributed by atoms with Crippen molar-refractivity contribution in [2.24, 2.45) is 10.9 Å². The van der Waals surface area contributed by atoms with Crippen LogP contribution in [0.5, 0.6) is 0 Å². The molecular weight excluding hydrogens is 371 g/mol. The van der Waals surface area contributed by atoms with Gasteiger partial charge in [-0.2, -0.15) is 0 Å². The highest BCUT2D eigenvalue weighted by Gasteiger charge is 2.16. The van der Waals surface area contributed by atoms with E-state index in [2.05, 4.69) is 20.9 Å². The van der Waals surface area contributed by atoms with Crippen LogP contribution in [0.25, 0.3) is 0 Å². The van der Waals surface area contributed by atoms with E-state index in [1.54, 1.807) is 14.2 Å². The highest BCUT2D eigenvalue weighted by atomic mass is 127. The van der Waals surface area contributed by atoms with Crippen LogP contribution in [-0.2, 0) is 9.53 Å². The van der Waals surface area contributed by atoms with Gasteiger partial charge in [0.2, 0.25) is 5.91 Å². The molecule has 1 amide bonds. The summed E-state index contributed by atoms with van der Waals surface area (Å²) in [5.41, 5.74) is -0.247. The fourth-order valence-corrected chi connectivity index (χ4v) is 1.16. The largest absolute Gasteiger partial charge is 0.377 e. The molecule has 0 rings (SSSR count). The van der Waals surface area contributed by atoms with Gasteiger partial charge in [-0.25, -0.2) is 0 Å². The van der Waals surface area contributed by atoms with Crippen LogP contribution in [0.2, 0.25) is 0 Å². The van der Waals surface area contributed by atoms with Gasteiger partial charge in [-0.05, 0) is 13.8 Å². The van der Waals surface area contributed by atoms with Crippen LogP contribution >= 0.6 is 24.0 Å². The minimum Gasteiger partial charge on any atom is -0.377 e. The number of nitrogens with zero attached hydrogens (tertiary/aromatic N) is 1. The summed E-state index contributed by atoms with van der Waals surface area (Å²) in [5, 5.41) is 9.14. The molecule has 0 saturated heterocycles. The van der Waals surface area contributed by atoms with Crippen molar-refractivity contribution in [3.63, 3.8) is 0 Å². The van der Waals surface area contributed by atoms with Crippen molar-refractivity contribution in [2.75, 3.05) is 33.8 Å². The minimum atomic E-state index is -0.247. The molecule has 0 saturated carbocycles. The first-order valence-electron chi connectivity index (χ1n) is 6.59. The summed E-state index contributed by atoms with van der Waals surface area (Å²) < 4.78 is 5.31. The molecule has 0 aromatic heterocycles. The van der Waals surface area contributed by atoms with Crippen molar-refractivity contribution in [3.8, 4) is 0 Å². The molecule has 0 atom stereocenters. The van der Waals surface area contributed by atoms with Crippen LogP contribution in [0.1, 0.15) is 27.7 Å². The highest BCUT2D eigenvalue weighted by Crippen LogP contribution is 2.04. The quantitative estimate of drug-likeness (QED) is 0.258.